The molecule has 0 bridgehead atoms. The van der Waals surface area contributed by atoms with Crippen molar-refractivity contribution >= 4 is 0 Å². The number of hydrogen-bond donors (Lipinski definition) is 2. The van der Waals surface area contributed by atoms with Crippen LogP contribution in [0, 0.1) is 0 Å². The average molecular weight is 84.1 g/mol. The van der Waals surface area contributed by atoms with E-state index in [1.807, 2.05) is 0 Å². The van der Waals surface area contributed by atoms with Gasteiger partial charge in [0.15, 0.2) is 0 Å². The van der Waals surface area contributed by atoms with Crippen LogP contribution < -0.4 is 11.5 Å². The van der Waals surface area contributed by atoms with Crippen molar-refractivity contribution in [1.82, 2.24) is 0 Å². The number of fused-ring (bicyclic) bond motifs is 1. The van der Waals surface area contributed by atoms with E-state index in [2.05, 4.69) is 0 Å². The zero-order chi connectivity index (χ0) is 4.41. The van der Waals surface area contributed by atoms with Gasteiger partial charge in [0.05, 0.1) is 0 Å². The molecule has 0 radical (unpaired) electrons. The lowest BCUT2D eigenvalue weighted by Gasteiger charge is -1.83. The third-order valence-electron chi connectivity index (χ3n) is 2.00. The zero-order valence-corrected chi connectivity index (χ0v) is 3.57. The van der Waals surface area contributed by atoms with Crippen LogP contribution in [0.5, 0.6) is 0 Å². The molecule has 6 heavy (non-hydrogen) atoms. The van der Waals surface area contributed by atoms with Gasteiger partial charge in [-0.15, -0.1) is 0 Å². The van der Waals surface area contributed by atoms with E-state index in [0.29, 0.717) is 0 Å². The third kappa shape index (κ3) is 0.117. The molecular formula is C4H8N2. The minimum Gasteiger partial charge on any atom is -0.323 e. The maximum atomic E-state index is 5.55. The summed E-state index contributed by atoms with van der Waals surface area (Å²) in [5.41, 5.74) is 11.4. The molecule has 0 unspecified atom stereocenters. The van der Waals surface area contributed by atoms with Crippen LogP contribution in [0.1, 0.15) is 12.8 Å². The molecule has 2 aliphatic carbocycles. The van der Waals surface area contributed by atoms with Crippen LogP contribution in [-0.4, -0.2) is 11.1 Å². The SMILES string of the molecule is NC12CC1(N)C2. The molecule has 0 aromatic carbocycles. The lowest BCUT2D eigenvalue weighted by atomic mass is 10.3. The van der Waals surface area contributed by atoms with Gasteiger partial charge < -0.3 is 11.5 Å². The highest BCUT2D eigenvalue weighted by atomic mass is 15.2. The minimum absolute atomic E-state index is 0.132. The zero-order valence-electron chi connectivity index (χ0n) is 3.57. The van der Waals surface area contributed by atoms with Gasteiger partial charge in [-0.1, -0.05) is 0 Å². The first kappa shape index (κ1) is 2.99. The van der Waals surface area contributed by atoms with Crippen molar-refractivity contribution in [2.45, 2.75) is 23.9 Å². The van der Waals surface area contributed by atoms with Gasteiger partial charge in [-0.3, -0.25) is 0 Å². The summed E-state index contributed by atoms with van der Waals surface area (Å²) in [7, 11) is 0. The first-order chi connectivity index (χ1) is 2.66. The van der Waals surface area contributed by atoms with Crippen molar-refractivity contribution in [2.75, 3.05) is 0 Å². The molecule has 2 fully saturated rings. The molecule has 0 amide bonds. The summed E-state index contributed by atoms with van der Waals surface area (Å²) in [5, 5.41) is 0. The Labute approximate surface area is 36.5 Å². The predicted octanol–water partition coefficient (Wildman–Crippen LogP) is -0.811. The van der Waals surface area contributed by atoms with Gasteiger partial charge in [0.2, 0.25) is 0 Å². The van der Waals surface area contributed by atoms with Gasteiger partial charge in [-0.25, -0.2) is 0 Å². The van der Waals surface area contributed by atoms with Gasteiger partial charge in [0.1, 0.15) is 0 Å². The molecule has 0 aromatic heterocycles. The summed E-state index contributed by atoms with van der Waals surface area (Å²) < 4.78 is 0. The molecule has 0 saturated heterocycles. The normalized spacial score (nSPS) is 73.0. The van der Waals surface area contributed by atoms with Crippen LogP contribution in [0.25, 0.3) is 0 Å². The van der Waals surface area contributed by atoms with Gasteiger partial charge in [-0.05, 0) is 12.8 Å². The van der Waals surface area contributed by atoms with Gasteiger partial charge >= 0.3 is 0 Å². The van der Waals surface area contributed by atoms with Crippen molar-refractivity contribution < 1.29 is 0 Å². The van der Waals surface area contributed by atoms with Crippen molar-refractivity contribution in [1.29, 1.82) is 0 Å². The average Bonchev–Trinajstić information content (AvgIpc) is 1.78. The van der Waals surface area contributed by atoms with E-state index in [4.69, 9.17) is 11.5 Å². The molecule has 0 heterocycles. The highest BCUT2D eigenvalue weighted by Crippen LogP contribution is 2.66. The fraction of sp³-hybridized carbons (Fsp3) is 1.00. The Kier molecular flexibility index (Phi) is 0.195. The molecule has 2 saturated carbocycles. The second kappa shape index (κ2) is 0.390. The monoisotopic (exact) mass is 84.1 g/mol. The number of hydrogen-bond acceptors (Lipinski definition) is 2. The van der Waals surface area contributed by atoms with Crippen molar-refractivity contribution in [3.8, 4) is 0 Å². The molecule has 2 nitrogen and oxygen atoms in total. The summed E-state index contributed by atoms with van der Waals surface area (Å²) >= 11 is 0. The minimum atomic E-state index is 0.132. The van der Waals surface area contributed by atoms with Crippen LogP contribution >= 0.6 is 0 Å². The largest absolute Gasteiger partial charge is 0.323 e. The van der Waals surface area contributed by atoms with E-state index in [0.717, 1.165) is 12.8 Å². The second-order valence-electron chi connectivity index (χ2n) is 2.67. The summed E-state index contributed by atoms with van der Waals surface area (Å²) in [4.78, 5) is 0. The molecule has 0 spiro atoms. The number of nitrogens with two attached hydrogens (primary N) is 2. The van der Waals surface area contributed by atoms with Crippen LogP contribution in [0.2, 0.25) is 0 Å². The van der Waals surface area contributed by atoms with Gasteiger partial charge in [-0.2, -0.15) is 0 Å². The highest BCUT2D eigenvalue weighted by molar-refractivity contribution is 5.42. The maximum Gasteiger partial charge on any atom is 0.0374 e. The van der Waals surface area contributed by atoms with Crippen molar-refractivity contribution in [3.63, 3.8) is 0 Å². The Hall–Kier alpha value is -0.0800. The van der Waals surface area contributed by atoms with E-state index in [-0.39, 0.29) is 11.1 Å². The standard InChI is InChI=1S/C4H8N2/c5-3-1-4(3,6)2-3/h1-2,5-6H2. The van der Waals surface area contributed by atoms with Crippen molar-refractivity contribution in [2.24, 2.45) is 11.5 Å². The molecule has 0 atom stereocenters. The molecule has 2 aliphatic rings. The summed E-state index contributed by atoms with van der Waals surface area (Å²) in [6, 6.07) is 0. The molecule has 2 rings (SSSR count). The van der Waals surface area contributed by atoms with Gasteiger partial charge in [0, 0.05) is 11.1 Å². The quantitative estimate of drug-likeness (QED) is 0.403. The predicted molar refractivity (Wildman–Crippen MR) is 23.1 cm³/mol. The summed E-state index contributed by atoms with van der Waals surface area (Å²) in [6.45, 7) is 0. The smallest absolute Gasteiger partial charge is 0.0374 e. The third-order valence-corrected chi connectivity index (χ3v) is 2.00. The van der Waals surface area contributed by atoms with Crippen LogP contribution in [-0.2, 0) is 0 Å². The lowest BCUT2D eigenvalue weighted by Crippen LogP contribution is -2.12. The first-order valence-corrected chi connectivity index (χ1v) is 2.24. The topological polar surface area (TPSA) is 52.0 Å². The van der Waals surface area contributed by atoms with Crippen LogP contribution in [0.3, 0.4) is 0 Å². The summed E-state index contributed by atoms with van der Waals surface area (Å²) in [6.07, 6.45) is 2.14. The fourth-order valence-corrected chi connectivity index (χ4v) is 0.986. The highest BCUT2D eigenvalue weighted by Gasteiger charge is 2.79. The Balaban J connectivity index is 2.34. The lowest BCUT2D eigenvalue weighted by molar-refractivity contribution is 0.765. The van der Waals surface area contributed by atoms with Crippen molar-refractivity contribution in [3.05, 3.63) is 0 Å². The maximum absolute atomic E-state index is 5.55. The summed E-state index contributed by atoms with van der Waals surface area (Å²) in [5.74, 6) is 0. The van der Waals surface area contributed by atoms with E-state index >= 15 is 0 Å². The van der Waals surface area contributed by atoms with Crippen LogP contribution in [0.4, 0.5) is 0 Å². The Morgan fingerprint density at radius 2 is 1.17 bits per heavy atom. The van der Waals surface area contributed by atoms with E-state index in [1.54, 1.807) is 0 Å². The molecule has 4 N–H and O–H groups in total. The van der Waals surface area contributed by atoms with E-state index in [1.165, 1.54) is 0 Å². The Morgan fingerprint density at radius 3 is 1.17 bits per heavy atom. The van der Waals surface area contributed by atoms with E-state index in [9.17, 15) is 0 Å². The Bertz CT molecular complexity index is 90.1. The molecule has 34 valence electrons. The van der Waals surface area contributed by atoms with Gasteiger partial charge in [0.25, 0.3) is 0 Å². The second-order valence-corrected chi connectivity index (χ2v) is 2.67. The number of rotatable bonds is 0. The molecule has 2 heteroatoms. The molecular weight excluding hydrogens is 76.1 g/mol. The molecule has 0 aromatic rings. The molecule has 0 aliphatic heterocycles. The fourth-order valence-electron chi connectivity index (χ4n) is 0.986. The Morgan fingerprint density at radius 1 is 1.00 bits per heavy atom. The van der Waals surface area contributed by atoms with Crippen LogP contribution in [0.15, 0.2) is 0 Å². The first-order valence-electron chi connectivity index (χ1n) is 2.24. The van der Waals surface area contributed by atoms with E-state index < -0.39 is 0 Å².